The minimum absolute atomic E-state index is 0.0318. The molecule has 2 aromatic heterocycles. The van der Waals surface area contributed by atoms with Crippen molar-refractivity contribution in [1.29, 1.82) is 0 Å². The zero-order chi connectivity index (χ0) is 24.4. The van der Waals surface area contributed by atoms with Gasteiger partial charge in [-0.25, -0.2) is 4.98 Å². The number of pyridine rings is 1. The van der Waals surface area contributed by atoms with Crippen LogP contribution in [0.2, 0.25) is 0 Å². The van der Waals surface area contributed by atoms with Crippen molar-refractivity contribution in [3.8, 4) is 5.88 Å². The molecule has 0 radical (unpaired) electrons. The zero-order valence-electron chi connectivity index (χ0n) is 19.5. The van der Waals surface area contributed by atoms with E-state index in [9.17, 15) is 14.7 Å². The van der Waals surface area contributed by atoms with Crippen LogP contribution in [0, 0.1) is 6.92 Å². The number of nitrogens with zero attached hydrogens (tertiary/aromatic N) is 4. The van der Waals surface area contributed by atoms with Crippen LogP contribution in [0.1, 0.15) is 55.1 Å². The molecule has 34 heavy (non-hydrogen) atoms. The summed E-state index contributed by atoms with van der Waals surface area (Å²) in [4.78, 5) is 31.9. The van der Waals surface area contributed by atoms with Crippen LogP contribution >= 0.6 is 0 Å². The average molecular weight is 459 g/mol. The first-order valence-corrected chi connectivity index (χ1v) is 11.1. The van der Waals surface area contributed by atoms with Crippen molar-refractivity contribution in [2.45, 2.75) is 39.7 Å². The smallest absolute Gasteiger partial charge is 0.301 e. The Balaban J connectivity index is 1.87. The van der Waals surface area contributed by atoms with Crippen molar-refractivity contribution in [2.24, 2.45) is 0 Å². The molecule has 1 aromatic carbocycles. The Kier molecular flexibility index (Phi) is 6.40. The van der Waals surface area contributed by atoms with Gasteiger partial charge in [-0.2, -0.15) is 5.10 Å². The second kappa shape index (κ2) is 9.43. The van der Waals surface area contributed by atoms with Crippen molar-refractivity contribution >= 4 is 23.3 Å². The molecule has 8 heteroatoms. The van der Waals surface area contributed by atoms with Crippen molar-refractivity contribution < 1.29 is 19.4 Å². The molecule has 0 bridgehead atoms. The van der Waals surface area contributed by atoms with Gasteiger partial charge in [0.05, 0.1) is 23.9 Å². The summed E-state index contributed by atoms with van der Waals surface area (Å²) in [5.74, 6) is -0.903. The van der Waals surface area contributed by atoms with Gasteiger partial charge < -0.3 is 9.84 Å². The predicted octanol–water partition coefficient (Wildman–Crippen LogP) is 4.33. The average Bonchev–Trinajstić information content (AvgIpc) is 3.10. The number of Topliss-reactive ketones (excluding diaryl/α,β-unsaturated/α-hetero) is 1. The van der Waals surface area contributed by atoms with Crippen LogP contribution in [0.3, 0.4) is 0 Å². The van der Waals surface area contributed by atoms with E-state index in [4.69, 9.17) is 4.74 Å². The Labute approximate surface area is 197 Å². The van der Waals surface area contributed by atoms with Crippen LogP contribution in [0.5, 0.6) is 5.88 Å². The van der Waals surface area contributed by atoms with Gasteiger partial charge in [0.25, 0.3) is 5.78 Å². The number of aliphatic hydroxyl groups is 1. The molecule has 0 spiro atoms. The number of ether oxygens (including phenoxy) is 1. The summed E-state index contributed by atoms with van der Waals surface area (Å²) in [6, 6.07) is 13.1. The lowest BCUT2D eigenvalue weighted by atomic mass is 9.95. The van der Waals surface area contributed by atoms with E-state index >= 15 is 0 Å². The molecule has 0 saturated carbocycles. The van der Waals surface area contributed by atoms with Crippen molar-refractivity contribution in [3.63, 3.8) is 0 Å². The first-order chi connectivity index (χ1) is 16.3. The number of rotatable bonds is 6. The van der Waals surface area contributed by atoms with Crippen LogP contribution in [0.4, 0.5) is 5.82 Å². The van der Waals surface area contributed by atoms with Gasteiger partial charge in [-0.1, -0.05) is 38.1 Å². The number of hydrogen-bond donors (Lipinski definition) is 1. The molecule has 1 aliphatic heterocycles. The SMILES string of the molecule is CCOc1ccc([C@@H]2C(=C(O)c3ccc(C(C)C)cc3)C(=O)C(=O)N2c2ccc(C)nn2)cn1. The number of aryl methyl sites for hydroxylation is 1. The van der Waals surface area contributed by atoms with Gasteiger partial charge in [-0.3, -0.25) is 14.5 Å². The highest BCUT2D eigenvalue weighted by atomic mass is 16.5. The second-order valence-corrected chi connectivity index (χ2v) is 8.34. The molecule has 1 atom stereocenters. The van der Waals surface area contributed by atoms with Gasteiger partial charge in [0.15, 0.2) is 5.82 Å². The van der Waals surface area contributed by atoms with E-state index in [0.29, 0.717) is 35.2 Å². The van der Waals surface area contributed by atoms with Gasteiger partial charge in [-0.05, 0) is 49.1 Å². The van der Waals surface area contributed by atoms with Gasteiger partial charge in [-0.15, -0.1) is 5.10 Å². The summed E-state index contributed by atoms with van der Waals surface area (Å²) in [7, 11) is 0. The summed E-state index contributed by atoms with van der Waals surface area (Å²) in [5.41, 5.74) is 2.71. The molecular weight excluding hydrogens is 432 g/mol. The number of amides is 1. The van der Waals surface area contributed by atoms with Gasteiger partial charge >= 0.3 is 5.91 Å². The summed E-state index contributed by atoms with van der Waals surface area (Å²) in [6.07, 6.45) is 1.53. The van der Waals surface area contributed by atoms with Crippen molar-refractivity contribution in [1.82, 2.24) is 15.2 Å². The van der Waals surface area contributed by atoms with E-state index in [0.717, 1.165) is 5.56 Å². The highest BCUT2D eigenvalue weighted by Crippen LogP contribution is 2.41. The topological polar surface area (TPSA) is 106 Å². The fourth-order valence-electron chi connectivity index (χ4n) is 3.87. The van der Waals surface area contributed by atoms with Crippen LogP contribution in [-0.2, 0) is 9.59 Å². The Morgan fingerprint density at radius 1 is 1.06 bits per heavy atom. The highest BCUT2D eigenvalue weighted by Gasteiger charge is 2.47. The van der Waals surface area contributed by atoms with Crippen LogP contribution in [0.15, 0.2) is 60.3 Å². The molecule has 1 aliphatic rings. The molecule has 3 heterocycles. The molecule has 3 aromatic rings. The zero-order valence-corrected chi connectivity index (χ0v) is 19.5. The number of anilines is 1. The number of ketones is 1. The van der Waals surface area contributed by atoms with E-state index < -0.39 is 17.7 Å². The maximum atomic E-state index is 13.2. The quantitative estimate of drug-likeness (QED) is 0.333. The summed E-state index contributed by atoms with van der Waals surface area (Å²) in [6.45, 7) is 8.23. The summed E-state index contributed by atoms with van der Waals surface area (Å²) < 4.78 is 5.42. The third kappa shape index (κ3) is 4.26. The van der Waals surface area contributed by atoms with Crippen LogP contribution in [-0.4, -0.2) is 38.6 Å². The summed E-state index contributed by atoms with van der Waals surface area (Å²) >= 11 is 0. The number of carbonyl (C=O) groups excluding carboxylic acids is 2. The van der Waals surface area contributed by atoms with E-state index in [2.05, 4.69) is 29.0 Å². The normalized spacial score (nSPS) is 17.4. The third-order valence-electron chi connectivity index (χ3n) is 5.69. The molecule has 1 saturated heterocycles. The molecule has 0 aliphatic carbocycles. The molecule has 0 unspecified atom stereocenters. The van der Waals surface area contributed by atoms with E-state index in [1.165, 1.54) is 11.1 Å². The maximum Gasteiger partial charge on any atom is 0.301 e. The van der Waals surface area contributed by atoms with Crippen molar-refractivity contribution in [3.05, 3.63) is 82.7 Å². The monoisotopic (exact) mass is 458 g/mol. The molecule has 1 amide bonds. The Hall–Kier alpha value is -4.07. The number of aromatic nitrogens is 3. The van der Waals surface area contributed by atoms with Gasteiger partial charge in [0.1, 0.15) is 5.76 Å². The standard InChI is InChI=1S/C26H26N4O4/c1-5-34-21-13-11-19(14-27-21)23-22(24(31)18-9-7-17(8-10-18)15(2)3)25(32)26(33)30(23)20-12-6-16(4)28-29-20/h6-15,23,31H,5H2,1-4H3/t23-/m1/s1. The number of benzene rings is 1. The molecule has 1 fully saturated rings. The number of aliphatic hydroxyl groups excluding tert-OH is 1. The largest absolute Gasteiger partial charge is 0.507 e. The lowest BCUT2D eigenvalue weighted by Gasteiger charge is -2.24. The first kappa shape index (κ1) is 23.1. The Bertz CT molecular complexity index is 1230. The molecular formula is C26H26N4O4. The lowest BCUT2D eigenvalue weighted by molar-refractivity contribution is -0.132. The minimum atomic E-state index is -0.926. The maximum absolute atomic E-state index is 13.2. The molecule has 1 N–H and O–H groups in total. The minimum Gasteiger partial charge on any atom is -0.507 e. The Morgan fingerprint density at radius 2 is 1.79 bits per heavy atom. The fourth-order valence-corrected chi connectivity index (χ4v) is 3.87. The third-order valence-corrected chi connectivity index (χ3v) is 5.69. The van der Waals surface area contributed by atoms with Gasteiger partial charge in [0.2, 0.25) is 5.88 Å². The fraction of sp³-hybridized carbons (Fsp3) is 0.269. The molecule has 8 nitrogen and oxygen atoms in total. The second-order valence-electron chi connectivity index (χ2n) is 8.34. The molecule has 4 rings (SSSR count). The Morgan fingerprint density at radius 3 is 2.35 bits per heavy atom. The van der Waals surface area contributed by atoms with Crippen LogP contribution in [0.25, 0.3) is 5.76 Å². The van der Waals surface area contributed by atoms with E-state index in [1.807, 2.05) is 19.1 Å². The van der Waals surface area contributed by atoms with Crippen LogP contribution < -0.4 is 9.64 Å². The highest BCUT2D eigenvalue weighted by molar-refractivity contribution is 6.51. The van der Waals surface area contributed by atoms with E-state index in [-0.39, 0.29) is 17.2 Å². The summed E-state index contributed by atoms with van der Waals surface area (Å²) in [5, 5.41) is 19.4. The predicted molar refractivity (Wildman–Crippen MR) is 127 cm³/mol. The van der Waals surface area contributed by atoms with Crippen molar-refractivity contribution in [2.75, 3.05) is 11.5 Å². The number of hydrogen-bond acceptors (Lipinski definition) is 7. The molecule has 174 valence electrons. The lowest BCUT2D eigenvalue weighted by Crippen LogP contribution is -2.30. The number of carbonyl (C=O) groups is 2. The van der Waals surface area contributed by atoms with E-state index in [1.54, 1.807) is 43.3 Å². The van der Waals surface area contributed by atoms with Gasteiger partial charge in [0, 0.05) is 17.8 Å². The first-order valence-electron chi connectivity index (χ1n) is 11.1.